The van der Waals surface area contributed by atoms with Gasteiger partial charge in [0.1, 0.15) is 0 Å². The lowest BCUT2D eigenvalue weighted by Gasteiger charge is -2.33. The number of sulfonamides is 1. The number of unbranched alkanes of at least 4 members (excludes halogenated alkanes) is 2. The van der Waals surface area contributed by atoms with Gasteiger partial charge < -0.3 is 15.4 Å². The third-order valence-electron chi connectivity index (χ3n) is 3.45. The highest BCUT2D eigenvalue weighted by atomic mass is 32.2. The Kier molecular flexibility index (Phi) is 7.86. The average molecular weight is 293 g/mol. The first kappa shape index (κ1) is 16.8. The van der Waals surface area contributed by atoms with Gasteiger partial charge in [0.25, 0.3) is 0 Å². The third kappa shape index (κ3) is 6.18. The summed E-state index contributed by atoms with van der Waals surface area (Å²) in [5, 5.41) is 0. The van der Waals surface area contributed by atoms with Crippen molar-refractivity contribution in [1.82, 2.24) is 9.21 Å². The van der Waals surface area contributed by atoms with Crippen LogP contribution in [0.25, 0.3) is 0 Å². The molecule has 1 aliphatic heterocycles. The quantitative estimate of drug-likeness (QED) is 0.591. The fraction of sp³-hybridized carbons (Fsp3) is 1.00. The molecule has 0 saturated carbocycles. The topological polar surface area (TPSA) is 75.9 Å². The van der Waals surface area contributed by atoms with Crippen molar-refractivity contribution in [2.45, 2.75) is 19.3 Å². The molecule has 0 aromatic rings. The lowest BCUT2D eigenvalue weighted by atomic mass is 10.2. The fourth-order valence-corrected chi connectivity index (χ4v) is 3.56. The average Bonchev–Trinajstić information content (AvgIpc) is 2.42. The zero-order valence-corrected chi connectivity index (χ0v) is 12.7. The number of hydrogen-bond acceptors (Lipinski definition) is 5. The molecule has 0 aliphatic carbocycles. The zero-order valence-electron chi connectivity index (χ0n) is 11.9. The molecule has 0 aromatic carbocycles. The van der Waals surface area contributed by atoms with Gasteiger partial charge in [-0.3, -0.25) is 0 Å². The molecule has 1 saturated heterocycles. The maximum atomic E-state index is 12.0. The van der Waals surface area contributed by atoms with E-state index in [2.05, 4.69) is 4.90 Å². The van der Waals surface area contributed by atoms with Crippen molar-refractivity contribution in [1.29, 1.82) is 0 Å². The maximum absolute atomic E-state index is 12.0. The van der Waals surface area contributed by atoms with E-state index in [1.807, 2.05) is 0 Å². The number of nitrogens with zero attached hydrogens (tertiary/aromatic N) is 2. The van der Waals surface area contributed by atoms with E-state index in [1.165, 1.54) is 7.11 Å². The van der Waals surface area contributed by atoms with Gasteiger partial charge in [-0.1, -0.05) is 6.42 Å². The minimum atomic E-state index is -3.13. The summed E-state index contributed by atoms with van der Waals surface area (Å²) in [6, 6.07) is 0. The van der Waals surface area contributed by atoms with E-state index in [0.717, 1.165) is 45.4 Å². The summed E-state index contributed by atoms with van der Waals surface area (Å²) < 4.78 is 30.4. The predicted octanol–water partition coefficient (Wildman–Crippen LogP) is -0.291. The second-order valence-electron chi connectivity index (χ2n) is 4.90. The van der Waals surface area contributed by atoms with Crippen LogP contribution in [0.3, 0.4) is 0 Å². The van der Waals surface area contributed by atoms with E-state index >= 15 is 0 Å². The van der Waals surface area contributed by atoms with Crippen molar-refractivity contribution in [3.63, 3.8) is 0 Å². The third-order valence-corrected chi connectivity index (χ3v) is 5.28. The molecule has 1 fully saturated rings. The molecule has 0 aromatic heterocycles. The lowest BCUT2D eigenvalue weighted by Crippen LogP contribution is -2.49. The van der Waals surface area contributed by atoms with E-state index in [4.69, 9.17) is 10.5 Å². The van der Waals surface area contributed by atoms with Gasteiger partial charge in [0.05, 0.1) is 12.4 Å². The van der Waals surface area contributed by atoms with Crippen molar-refractivity contribution >= 4 is 10.0 Å². The molecular formula is C12H27N3O3S. The Morgan fingerprint density at radius 3 is 2.37 bits per heavy atom. The lowest BCUT2D eigenvalue weighted by molar-refractivity contribution is 0.182. The largest absolute Gasteiger partial charge is 0.384 e. The summed E-state index contributed by atoms with van der Waals surface area (Å²) >= 11 is 0. The van der Waals surface area contributed by atoms with Crippen molar-refractivity contribution in [2.24, 2.45) is 5.73 Å². The SMILES string of the molecule is COCCS(=O)(=O)N1CCN(CCCCCN)CC1. The number of hydrogen-bond donors (Lipinski definition) is 1. The first-order valence-electron chi connectivity index (χ1n) is 6.99. The van der Waals surface area contributed by atoms with Gasteiger partial charge in [-0.25, -0.2) is 8.42 Å². The van der Waals surface area contributed by atoms with Crippen LogP contribution in [0.15, 0.2) is 0 Å². The van der Waals surface area contributed by atoms with E-state index in [1.54, 1.807) is 4.31 Å². The number of rotatable bonds is 9. The standard InChI is InChI=1S/C12H27N3O3S/c1-18-11-12-19(16,17)15-9-7-14(8-10-15)6-4-2-3-5-13/h2-13H2,1H3. The van der Waals surface area contributed by atoms with Crippen LogP contribution in [0, 0.1) is 0 Å². The van der Waals surface area contributed by atoms with Crippen LogP contribution in [0.5, 0.6) is 0 Å². The van der Waals surface area contributed by atoms with Gasteiger partial charge in [0.2, 0.25) is 10.0 Å². The second-order valence-corrected chi connectivity index (χ2v) is 6.99. The second kappa shape index (κ2) is 8.86. The van der Waals surface area contributed by atoms with Crippen LogP contribution < -0.4 is 5.73 Å². The molecule has 1 rings (SSSR count). The summed E-state index contributed by atoms with van der Waals surface area (Å²) in [4.78, 5) is 2.33. The zero-order chi connectivity index (χ0) is 14.1. The normalized spacial score (nSPS) is 18.8. The van der Waals surface area contributed by atoms with Crippen LogP contribution in [0.4, 0.5) is 0 Å². The minimum Gasteiger partial charge on any atom is -0.384 e. The van der Waals surface area contributed by atoms with E-state index < -0.39 is 10.0 Å². The summed E-state index contributed by atoms with van der Waals surface area (Å²) in [6.07, 6.45) is 3.38. The highest BCUT2D eigenvalue weighted by molar-refractivity contribution is 7.89. The summed E-state index contributed by atoms with van der Waals surface area (Å²) in [6.45, 7) is 4.93. The molecule has 0 unspecified atom stereocenters. The van der Waals surface area contributed by atoms with Crippen molar-refractivity contribution < 1.29 is 13.2 Å². The minimum absolute atomic E-state index is 0.0833. The first-order valence-corrected chi connectivity index (χ1v) is 8.60. The number of piperazine rings is 1. The van der Waals surface area contributed by atoms with Gasteiger partial charge >= 0.3 is 0 Å². The molecule has 6 nitrogen and oxygen atoms in total. The summed E-state index contributed by atoms with van der Waals surface area (Å²) in [7, 11) is -1.61. The molecule has 19 heavy (non-hydrogen) atoms. The van der Waals surface area contributed by atoms with E-state index in [9.17, 15) is 8.42 Å². The van der Waals surface area contributed by atoms with Crippen molar-refractivity contribution in [2.75, 3.05) is 58.7 Å². The molecule has 0 atom stereocenters. The maximum Gasteiger partial charge on any atom is 0.216 e. The van der Waals surface area contributed by atoms with Gasteiger partial charge in [-0.15, -0.1) is 0 Å². The Labute approximate surface area is 116 Å². The van der Waals surface area contributed by atoms with Crippen LogP contribution in [-0.2, 0) is 14.8 Å². The fourth-order valence-electron chi connectivity index (χ4n) is 2.21. The number of nitrogens with two attached hydrogens (primary N) is 1. The molecule has 0 bridgehead atoms. The Bertz CT molecular complexity index is 327. The molecular weight excluding hydrogens is 266 g/mol. The van der Waals surface area contributed by atoms with Crippen LogP contribution in [0.2, 0.25) is 0 Å². The Morgan fingerprint density at radius 1 is 1.11 bits per heavy atom. The Balaban J connectivity index is 2.24. The van der Waals surface area contributed by atoms with E-state index in [0.29, 0.717) is 13.1 Å². The van der Waals surface area contributed by atoms with E-state index in [-0.39, 0.29) is 12.4 Å². The number of methoxy groups -OCH3 is 1. The molecule has 0 amide bonds. The highest BCUT2D eigenvalue weighted by Crippen LogP contribution is 2.09. The van der Waals surface area contributed by atoms with Gasteiger partial charge in [-0.05, 0) is 25.9 Å². The first-order chi connectivity index (χ1) is 9.10. The Morgan fingerprint density at radius 2 is 1.79 bits per heavy atom. The van der Waals surface area contributed by atoms with Crippen LogP contribution >= 0.6 is 0 Å². The molecule has 2 N–H and O–H groups in total. The monoisotopic (exact) mass is 293 g/mol. The molecule has 114 valence electrons. The van der Waals surface area contributed by atoms with Gasteiger partial charge in [0.15, 0.2) is 0 Å². The number of ether oxygens (including phenoxy) is 1. The Hall–Kier alpha value is -0.210. The van der Waals surface area contributed by atoms with Gasteiger partial charge in [-0.2, -0.15) is 4.31 Å². The molecule has 0 spiro atoms. The molecule has 7 heteroatoms. The van der Waals surface area contributed by atoms with Gasteiger partial charge in [0, 0.05) is 33.3 Å². The smallest absolute Gasteiger partial charge is 0.216 e. The van der Waals surface area contributed by atoms with Crippen LogP contribution in [-0.4, -0.2) is 76.4 Å². The van der Waals surface area contributed by atoms with Crippen molar-refractivity contribution in [3.8, 4) is 0 Å². The molecule has 0 radical (unpaired) electrons. The summed E-state index contributed by atoms with van der Waals surface area (Å²) in [5.74, 6) is 0.0833. The molecule has 1 heterocycles. The molecule has 1 aliphatic rings. The van der Waals surface area contributed by atoms with Crippen molar-refractivity contribution in [3.05, 3.63) is 0 Å². The predicted molar refractivity (Wildman–Crippen MR) is 76.6 cm³/mol. The van der Waals surface area contributed by atoms with Crippen LogP contribution in [0.1, 0.15) is 19.3 Å². The highest BCUT2D eigenvalue weighted by Gasteiger charge is 2.26. The summed E-state index contributed by atoms with van der Waals surface area (Å²) in [5.41, 5.74) is 5.46.